The van der Waals surface area contributed by atoms with Crippen LogP contribution in [0.15, 0.2) is 89.9 Å². The zero-order chi connectivity index (χ0) is 21.2. The molecule has 0 amide bonds. The SMILES string of the molecule is CC(C)[C@H]1COC([C@H]2Cc3ccccc3CN2P(c2ccccc2)c2ccccc2)=N1. The van der Waals surface area contributed by atoms with Crippen LogP contribution < -0.4 is 10.6 Å². The summed E-state index contributed by atoms with van der Waals surface area (Å²) in [6.07, 6.45) is 0.943. The molecule has 0 bridgehead atoms. The minimum atomic E-state index is -0.706. The van der Waals surface area contributed by atoms with Crippen LogP contribution in [-0.4, -0.2) is 29.3 Å². The third-order valence-electron chi connectivity index (χ3n) is 6.23. The summed E-state index contributed by atoms with van der Waals surface area (Å²) in [5.74, 6) is 1.42. The second kappa shape index (κ2) is 8.94. The Balaban J connectivity index is 1.61. The summed E-state index contributed by atoms with van der Waals surface area (Å²) in [5.41, 5.74) is 2.83. The average Bonchev–Trinajstić information content (AvgIpc) is 3.31. The van der Waals surface area contributed by atoms with Crippen LogP contribution in [-0.2, 0) is 17.7 Å². The Hall–Kier alpha value is -2.48. The van der Waals surface area contributed by atoms with Gasteiger partial charge in [-0.25, -0.2) is 4.99 Å². The molecule has 0 saturated heterocycles. The maximum Gasteiger partial charge on any atom is 0.202 e. The second-order valence-electron chi connectivity index (χ2n) is 8.66. The van der Waals surface area contributed by atoms with Crippen molar-refractivity contribution in [2.75, 3.05) is 6.61 Å². The van der Waals surface area contributed by atoms with Crippen molar-refractivity contribution in [1.29, 1.82) is 0 Å². The highest BCUT2D eigenvalue weighted by Gasteiger charge is 2.39. The Morgan fingerprint density at radius 2 is 1.42 bits per heavy atom. The minimum Gasteiger partial charge on any atom is -0.478 e. The molecule has 0 saturated carbocycles. The van der Waals surface area contributed by atoms with E-state index in [9.17, 15) is 0 Å². The zero-order valence-electron chi connectivity index (χ0n) is 18.2. The number of fused-ring (bicyclic) bond motifs is 1. The molecule has 2 heterocycles. The molecular formula is C27H29N2OP. The predicted octanol–water partition coefficient (Wildman–Crippen LogP) is 4.91. The fourth-order valence-electron chi connectivity index (χ4n) is 4.45. The monoisotopic (exact) mass is 428 g/mol. The molecule has 3 nitrogen and oxygen atoms in total. The standard InChI is InChI=1S/C27H29N2OP/c1-20(2)25-19-30-27(28-25)26-17-21-11-9-10-12-22(21)18-29(26)31(23-13-5-3-6-14-23)24-15-7-4-8-16-24/h3-16,20,25-26H,17-19H2,1-2H3/t25-,26-/m1/s1. The molecule has 2 aliphatic rings. The van der Waals surface area contributed by atoms with E-state index in [4.69, 9.17) is 9.73 Å². The molecule has 0 N–H and O–H groups in total. The number of aliphatic imine (C=N–C) groups is 1. The Morgan fingerprint density at radius 3 is 2.00 bits per heavy atom. The molecule has 4 heteroatoms. The van der Waals surface area contributed by atoms with Crippen LogP contribution in [0, 0.1) is 5.92 Å². The predicted molar refractivity (Wildman–Crippen MR) is 131 cm³/mol. The van der Waals surface area contributed by atoms with Crippen LogP contribution in [0.3, 0.4) is 0 Å². The lowest BCUT2D eigenvalue weighted by Crippen LogP contribution is -2.45. The van der Waals surface area contributed by atoms with Crippen molar-refractivity contribution in [1.82, 2.24) is 4.67 Å². The molecule has 0 aliphatic carbocycles. The van der Waals surface area contributed by atoms with Crippen molar-refractivity contribution in [2.24, 2.45) is 10.9 Å². The number of rotatable bonds is 5. The van der Waals surface area contributed by atoms with Gasteiger partial charge in [0.05, 0.1) is 12.1 Å². The summed E-state index contributed by atoms with van der Waals surface area (Å²) < 4.78 is 8.91. The molecule has 2 aliphatic heterocycles. The number of benzene rings is 3. The first-order valence-corrected chi connectivity index (χ1v) is 12.4. The van der Waals surface area contributed by atoms with Crippen molar-refractivity contribution in [2.45, 2.75) is 38.9 Å². The Kier molecular flexibility index (Phi) is 5.89. The smallest absolute Gasteiger partial charge is 0.202 e. The highest BCUT2D eigenvalue weighted by atomic mass is 31.1. The van der Waals surface area contributed by atoms with E-state index >= 15 is 0 Å². The molecule has 0 unspecified atom stereocenters. The third-order valence-corrected chi connectivity index (χ3v) is 8.74. The van der Waals surface area contributed by atoms with Gasteiger partial charge in [-0.2, -0.15) is 0 Å². The second-order valence-corrected chi connectivity index (χ2v) is 10.8. The third kappa shape index (κ3) is 4.18. The van der Waals surface area contributed by atoms with Gasteiger partial charge >= 0.3 is 0 Å². The maximum absolute atomic E-state index is 6.25. The fourth-order valence-corrected chi connectivity index (χ4v) is 7.00. The van der Waals surface area contributed by atoms with E-state index in [0.717, 1.165) is 18.9 Å². The van der Waals surface area contributed by atoms with Gasteiger partial charge < -0.3 is 4.74 Å². The largest absolute Gasteiger partial charge is 0.478 e. The summed E-state index contributed by atoms with van der Waals surface area (Å²) in [7, 11) is -0.706. The van der Waals surface area contributed by atoms with E-state index in [0.29, 0.717) is 12.5 Å². The lowest BCUT2D eigenvalue weighted by Gasteiger charge is -2.41. The Morgan fingerprint density at radius 1 is 0.839 bits per heavy atom. The van der Waals surface area contributed by atoms with E-state index in [2.05, 4.69) is 103 Å². The molecule has 3 aromatic carbocycles. The Labute approximate surface area is 186 Å². The molecule has 5 rings (SSSR count). The first kappa shape index (κ1) is 20.4. The van der Waals surface area contributed by atoms with Gasteiger partial charge in [0.1, 0.15) is 6.61 Å². The van der Waals surface area contributed by atoms with Gasteiger partial charge in [-0.05, 0) is 34.1 Å². The number of hydrogen-bond donors (Lipinski definition) is 0. The summed E-state index contributed by atoms with van der Waals surface area (Å²) in [5, 5.41) is 2.74. The highest BCUT2D eigenvalue weighted by Crippen LogP contribution is 2.45. The zero-order valence-corrected chi connectivity index (χ0v) is 19.1. The summed E-state index contributed by atoms with van der Waals surface area (Å²) in [6, 6.07) is 31.1. The molecule has 0 spiro atoms. The lowest BCUT2D eigenvalue weighted by atomic mass is 9.96. The van der Waals surface area contributed by atoms with E-state index in [1.807, 2.05) is 0 Å². The number of hydrogen-bond acceptors (Lipinski definition) is 3. The van der Waals surface area contributed by atoms with E-state index in [-0.39, 0.29) is 12.1 Å². The van der Waals surface area contributed by atoms with Gasteiger partial charge in [0.2, 0.25) is 5.90 Å². The van der Waals surface area contributed by atoms with Gasteiger partial charge in [-0.15, -0.1) is 0 Å². The molecule has 3 aromatic rings. The molecule has 31 heavy (non-hydrogen) atoms. The molecule has 0 aromatic heterocycles. The van der Waals surface area contributed by atoms with Crippen LogP contribution in [0.5, 0.6) is 0 Å². The van der Waals surface area contributed by atoms with Crippen molar-refractivity contribution in [3.05, 3.63) is 96.1 Å². The summed E-state index contributed by atoms with van der Waals surface area (Å²) in [4.78, 5) is 5.07. The van der Waals surface area contributed by atoms with E-state index in [1.54, 1.807) is 0 Å². The quantitative estimate of drug-likeness (QED) is 0.539. The number of nitrogens with zero attached hydrogens (tertiary/aromatic N) is 2. The van der Waals surface area contributed by atoms with Crippen LogP contribution in [0.4, 0.5) is 0 Å². The van der Waals surface area contributed by atoms with Crippen LogP contribution in [0.1, 0.15) is 25.0 Å². The molecule has 158 valence electrons. The molecule has 0 radical (unpaired) electrons. The molecule has 0 fully saturated rings. The fraction of sp³-hybridized carbons (Fsp3) is 0.296. The van der Waals surface area contributed by atoms with Gasteiger partial charge in [0, 0.05) is 14.6 Å². The van der Waals surface area contributed by atoms with Gasteiger partial charge in [-0.1, -0.05) is 98.8 Å². The Bertz CT molecular complexity index is 1010. The van der Waals surface area contributed by atoms with E-state index in [1.165, 1.54) is 21.7 Å². The van der Waals surface area contributed by atoms with Crippen molar-refractivity contribution < 1.29 is 4.74 Å². The van der Waals surface area contributed by atoms with Crippen molar-refractivity contribution in [3.63, 3.8) is 0 Å². The lowest BCUT2D eigenvalue weighted by molar-refractivity contribution is 0.258. The normalized spacial score (nSPS) is 21.1. The average molecular weight is 429 g/mol. The van der Waals surface area contributed by atoms with Gasteiger partial charge in [-0.3, -0.25) is 4.67 Å². The van der Waals surface area contributed by atoms with Crippen LogP contribution >= 0.6 is 8.07 Å². The molecule has 2 atom stereocenters. The van der Waals surface area contributed by atoms with Gasteiger partial charge in [0.25, 0.3) is 0 Å². The van der Waals surface area contributed by atoms with Crippen LogP contribution in [0.25, 0.3) is 0 Å². The van der Waals surface area contributed by atoms with Crippen molar-refractivity contribution in [3.8, 4) is 0 Å². The molecular weight excluding hydrogens is 399 g/mol. The maximum atomic E-state index is 6.25. The van der Waals surface area contributed by atoms with Crippen molar-refractivity contribution >= 4 is 24.6 Å². The highest BCUT2D eigenvalue weighted by molar-refractivity contribution is 7.70. The first-order chi connectivity index (χ1) is 15.2. The summed E-state index contributed by atoms with van der Waals surface area (Å²) >= 11 is 0. The van der Waals surface area contributed by atoms with Crippen LogP contribution in [0.2, 0.25) is 0 Å². The first-order valence-electron chi connectivity index (χ1n) is 11.1. The summed E-state index contributed by atoms with van der Waals surface area (Å²) in [6.45, 7) is 6.07. The minimum absolute atomic E-state index is 0.158. The topological polar surface area (TPSA) is 24.8 Å². The van der Waals surface area contributed by atoms with E-state index < -0.39 is 8.07 Å². The number of ether oxygens (including phenoxy) is 1. The van der Waals surface area contributed by atoms with Gasteiger partial charge in [0.15, 0.2) is 0 Å².